The van der Waals surface area contributed by atoms with Gasteiger partial charge >= 0.3 is 0 Å². The highest BCUT2D eigenvalue weighted by Crippen LogP contribution is 2.43. The van der Waals surface area contributed by atoms with E-state index in [4.69, 9.17) is 24.1 Å². The van der Waals surface area contributed by atoms with E-state index in [0.717, 1.165) is 13.1 Å². The molecule has 0 amide bonds. The molecule has 25 heavy (non-hydrogen) atoms. The first kappa shape index (κ1) is 21.6. The average molecular weight is 434 g/mol. The topological polar surface area (TPSA) is 7.76 Å². The highest BCUT2D eigenvalue weighted by Gasteiger charge is 2.35. The lowest BCUT2D eigenvalue weighted by Gasteiger charge is -2.19. The van der Waals surface area contributed by atoms with Crippen LogP contribution in [0.25, 0.3) is 0 Å². The van der Waals surface area contributed by atoms with Gasteiger partial charge in [0, 0.05) is 31.9 Å². The van der Waals surface area contributed by atoms with E-state index in [-0.39, 0.29) is 0 Å². The number of aromatic nitrogens is 2. The molecule has 0 aliphatic heterocycles. The molecule has 0 N–H and O–H groups in total. The van der Waals surface area contributed by atoms with Crippen molar-refractivity contribution in [1.29, 1.82) is 0 Å². The summed E-state index contributed by atoms with van der Waals surface area (Å²) >= 11 is 16.1. The van der Waals surface area contributed by atoms with E-state index < -0.39 is 5.24 Å². The second-order valence-corrected chi connectivity index (χ2v) is 15.6. The van der Waals surface area contributed by atoms with Crippen molar-refractivity contribution in [3.05, 3.63) is 21.1 Å². The van der Waals surface area contributed by atoms with Crippen LogP contribution in [-0.4, -0.2) is 0 Å². The number of aryl methyl sites for hydroxylation is 2. The van der Waals surface area contributed by atoms with Crippen LogP contribution in [0.4, 0.5) is 0 Å². The van der Waals surface area contributed by atoms with Crippen molar-refractivity contribution in [2.24, 2.45) is 0 Å². The van der Waals surface area contributed by atoms with Gasteiger partial charge in [0.1, 0.15) is 13.1 Å². The Balaban J connectivity index is 2.58. The second-order valence-electron chi connectivity index (χ2n) is 6.61. The van der Waals surface area contributed by atoms with Crippen LogP contribution in [0.2, 0.25) is 0 Å². The van der Waals surface area contributed by atoms with Gasteiger partial charge in [-0.3, -0.25) is 0 Å². The first-order chi connectivity index (χ1) is 11.8. The van der Waals surface area contributed by atoms with Gasteiger partial charge in [-0.25, -0.2) is 0 Å². The van der Waals surface area contributed by atoms with E-state index in [9.17, 15) is 0 Å². The Kier molecular flexibility index (Phi) is 7.73. The second kappa shape index (κ2) is 8.97. The Bertz CT molecular complexity index is 729. The smallest absolute Gasteiger partial charge is 0.255 e. The number of unbranched alkanes of at least 4 members (excludes halogenated alkanes) is 2. The normalized spacial score (nSPS) is 12.1. The molecule has 2 aromatic heterocycles. The molecular formula is C18H30N2PS4+. The molecule has 0 spiro atoms. The summed E-state index contributed by atoms with van der Waals surface area (Å²) in [5.41, 5.74) is 2.69. The van der Waals surface area contributed by atoms with Crippen molar-refractivity contribution in [2.45, 2.75) is 80.3 Å². The number of hydrogen-bond acceptors (Lipinski definition) is 4. The Morgan fingerprint density at radius 2 is 1.20 bits per heavy atom. The van der Waals surface area contributed by atoms with Crippen molar-refractivity contribution in [3.8, 4) is 0 Å². The largest absolute Gasteiger partial charge is 0.724 e. The van der Waals surface area contributed by atoms with Gasteiger partial charge in [-0.2, -0.15) is 9.13 Å². The minimum Gasteiger partial charge on any atom is -0.724 e. The Hall–Kier alpha value is 0.260. The standard InChI is InChI=1S/C18H30N2PS4/c1-7-9-11-19-13(3)15(5)24-17(19)21(22,23)18-20(12-10-8-2)14(4)16(6)25-18/h7-12H2,1-6H3/q+1. The van der Waals surface area contributed by atoms with Crippen LogP contribution in [-0.2, 0) is 37.1 Å². The zero-order chi connectivity index (χ0) is 18.8. The lowest BCUT2D eigenvalue weighted by atomic mass is 10.3. The van der Waals surface area contributed by atoms with E-state index >= 15 is 0 Å². The van der Waals surface area contributed by atoms with E-state index in [1.807, 2.05) is 22.7 Å². The molecule has 2 nitrogen and oxygen atoms in total. The maximum Gasteiger partial charge on any atom is 0.255 e. The van der Waals surface area contributed by atoms with E-state index in [0.29, 0.717) is 0 Å². The van der Waals surface area contributed by atoms with Gasteiger partial charge in [0.2, 0.25) is 0 Å². The Labute approximate surface area is 171 Å². The Morgan fingerprint density at radius 1 is 0.840 bits per heavy atom. The van der Waals surface area contributed by atoms with Crippen molar-refractivity contribution in [3.63, 3.8) is 0 Å². The summed E-state index contributed by atoms with van der Waals surface area (Å²) in [7, 11) is 0. The first-order valence-corrected chi connectivity index (χ1v) is 14.5. The highest BCUT2D eigenvalue weighted by molar-refractivity contribution is 8.61. The molecular weight excluding hydrogens is 403 g/mol. The van der Waals surface area contributed by atoms with Crippen LogP contribution in [0.5, 0.6) is 0 Å². The quantitative estimate of drug-likeness (QED) is 0.352. The van der Waals surface area contributed by atoms with Crippen LogP contribution in [0.3, 0.4) is 0 Å². The zero-order valence-corrected chi connectivity index (χ0v) is 20.4. The predicted molar refractivity (Wildman–Crippen MR) is 119 cm³/mol. The van der Waals surface area contributed by atoms with Crippen molar-refractivity contribution < 1.29 is 9.13 Å². The molecule has 0 atom stereocenters. The summed E-state index contributed by atoms with van der Waals surface area (Å²) in [6, 6.07) is 0. The molecule has 140 valence electrons. The fraction of sp³-hybridized carbons (Fsp3) is 0.667. The van der Waals surface area contributed by atoms with Gasteiger partial charge in [0.05, 0.1) is 9.75 Å². The maximum atomic E-state index is 6.20. The number of nitrogens with zero attached hydrogens (tertiary/aromatic N) is 2. The summed E-state index contributed by atoms with van der Waals surface area (Å²) < 4.78 is 7.39. The third kappa shape index (κ3) is 4.40. The fourth-order valence-electron chi connectivity index (χ4n) is 2.88. The molecule has 0 bridgehead atoms. The molecule has 0 fully saturated rings. The SMILES string of the molecule is CCCC[n+]1c(P(=S)([S-])c2sc(C)c(C)[n+]2CCCC)sc(C)c1C. The fourth-order valence-corrected chi connectivity index (χ4v) is 10.9. The molecule has 2 heterocycles. The summed E-state index contributed by atoms with van der Waals surface area (Å²) in [5.74, 6) is 0. The third-order valence-electron chi connectivity index (χ3n) is 4.75. The number of hydrogen-bond donors (Lipinski definition) is 0. The highest BCUT2D eigenvalue weighted by atomic mass is 32.9. The first-order valence-electron chi connectivity index (χ1n) is 9.07. The van der Waals surface area contributed by atoms with E-state index in [1.54, 1.807) is 0 Å². The monoisotopic (exact) mass is 433 g/mol. The minimum atomic E-state index is -2.19. The molecule has 0 saturated heterocycles. The molecule has 0 unspecified atom stereocenters. The lowest BCUT2D eigenvalue weighted by Crippen LogP contribution is -2.53. The van der Waals surface area contributed by atoms with Crippen LogP contribution in [0.15, 0.2) is 0 Å². The minimum absolute atomic E-state index is 1.04. The predicted octanol–water partition coefficient (Wildman–Crippen LogP) is 4.11. The van der Waals surface area contributed by atoms with Gasteiger partial charge in [-0.1, -0.05) is 61.2 Å². The molecule has 0 radical (unpaired) electrons. The van der Waals surface area contributed by atoms with Crippen LogP contribution in [0.1, 0.15) is 60.7 Å². The lowest BCUT2D eigenvalue weighted by molar-refractivity contribution is -0.685. The molecule has 2 aromatic rings. The van der Waals surface area contributed by atoms with Gasteiger partial charge < -0.3 is 12.2 Å². The molecule has 2 rings (SSSR count). The van der Waals surface area contributed by atoms with Crippen molar-refractivity contribution in [1.82, 2.24) is 0 Å². The van der Waals surface area contributed by atoms with Gasteiger partial charge in [-0.05, 0) is 13.8 Å². The molecule has 7 heteroatoms. The average Bonchev–Trinajstić information content (AvgIpc) is 3.02. The molecule has 0 saturated carbocycles. The van der Waals surface area contributed by atoms with Gasteiger partial charge in [0.25, 0.3) is 9.50 Å². The van der Waals surface area contributed by atoms with Gasteiger partial charge in [-0.15, -0.1) is 0 Å². The Morgan fingerprint density at radius 3 is 1.52 bits per heavy atom. The number of rotatable bonds is 8. The number of thiazole rings is 2. The van der Waals surface area contributed by atoms with E-state index in [1.165, 1.54) is 56.3 Å². The molecule has 0 aliphatic rings. The van der Waals surface area contributed by atoms with E-state index in [2.05, 4.69) is 50.7 Å². The van der Waals surface area contributed by atoms with Crippen LogP contribution in [0, 0.1) is 27.7 Å². The molecule has 0 aromatic carbocycles. The van der Waals surface area contributed by atoms with Crippen LogP contribution < -0.4 is 18.6 Å². The van der Waals surface area contributed by atoms with Crippen LogP contribution >= 0.6 is 27.9 Å². The van der Waals surface area contributed by atoms with Crippen molar-refractivity contribution in [2.75, 3.05) is 0 Å². The summed E-state index contributed by atoms with van der Waals surface area (Å²) in [6.07, 6.45) is 4.74. The molecule has 0 aliphatic carbocycles. The summed E-state index contributed by atoms with van der Waals surface area (Å²) in [5, 5.41) is -2.19. The maximum absolute atomic E-state index is 6.20. The van der Waals surface area contributed by atoms with Gasteiger partial charge in [0.15, 0.2) is 11.4 Å². The van der Waals surface area contributed by atoms with Crippen molar-refractivity contribution >= 4 is 61.5 Å². The zero-order valence-electron chi connectivity index (χ0n) is 16.2. The third-order valence-corrected chi connectivity index (χ3v) is 13.9. The summed E-state index contributed by atoms with van der Waals surface area (Å²) in [6.45, 7) is 15.4. The summed E-state index contributed by atoms with van der Waals surface area (Å²) in [4.78, 5) is 2.71.